The van der Waals surface area contributed by atoms with Crippen LogP contribution in [-0.2, 0) is 11.3 Å². The Hall–Kier alpha value is -0.650. The Bertz CT molecular complexity index is 227. The minimum atomic E-state index is 0.510. The summed E-state index contributed by atoms with van der Waals surface area (Å²) in [6, 6.07) is 0. The molecular formula is C7H12N2O2S. The van der Waals surface area contributed by atoms with E-state index in [4.69, 9.17) is 15.2 Å². The predicted molar refractivity (Wildman–Crippen MR) is 47.4 cm³/mol. The Labute approximate surface area is 75.3 Å². The summed E-state index contributed by atoms with van der Waals surface area (Å²) in [5.41, 5.74) is 5.27. The lowest BCUT2D eigenvalue weighted by Gasteiger charge is -1.97. The summed E-state index contributed by atoms with van der Waals surface area (Å²) < 4.78 is 10.1. The number of hydrogen-bond donors (Lipinski definition) is 1. The maximum atomic E-state index is 5.27. The van der Waals surface area contributed by atoms with E-state index >= 15 is 0 Å². The third-order valence-electron chi connectivity index (χ3n) is 1.17. The van der Waals surface area contributed by atoms with E-state index in [1.54, 1.807) is 7.11 Å². The number of aromatic nitrogens is 1. The highest BCUT2D eigenvalue weighted by Gasteiger charge is 2.00. The van der Waals surface area contributed by atoms with E-state index in [0.717, 1.165) is 5.01 Å². The van der Waals surface area contributed by atoms with Gasteiger partial charge < -0.3 is 15.2 Å². The molecule has 1 aromatic rings. The van der Waals surface area contributed by atoms with Crippen molar-refractivity contribution in [3.8, 4) is 5.88 Å². The highest BCUT2D eigenvalue weighted by atomic mass is 32.1. The van der Waals surface area contributed by atoms with Gasteiger partial charge in [0.25, 0.3) is 0 Å². The second kappa shape index (κ2) is 5.08. The maximum Gasteiger partial charge on any atom is 0.224 e. The molecule has 0 saturated heterocycles. The van der Waals surface area contributed by atoms with Crippen LogP contribution in [0.1, 0.15) is 5.01 Å². The van der Waals surface area contributed by atoms with E-state index in [2.05, 4.69) is 4.98 Å². The zero-order chi connectivity index (χ0) is 8.81. The second-order valence-electron chi connectivity index (χ2n) is 2.15. The molecule has 0 amide bonds. The minimum absolute atomic E-state index is 0.510. The van der Waals surface area contributed by atoms with Gasteiger partial charge in [-0.15, -0.1) is 11.3 Å². The average molecular weight is 188 g/mol. The fraction of sp³-hybridized carbons (Fsp3) is 0.571. The fourth-order valence-corrected chi connectivity index (χ4v) is 1.40. The van der Waals surface area contributed by atoms with Crippen LogP contribution < -0.4 is 10.5 Å². The smallest absolute Gasteiger partial charge is 0.224 e. The summed E-state index contributed by atoms with van der Waals surface area (Å²) >= 11 is 1.52. The lowest BCUT2D eigenvalue weighted by atomic mass is 10.7. The van der Waals surface area contributed by atoms with Crippen LogP contribution in [-0.4, -0.2) is 25.2 Å². The number of hydrogen-bond acceptors (Lipinski definition) is 5. The van der Waals surface area contributed by atoms with Crippen molar-refractivity contribution in [1.82, 2.24) is 4.98 Å². The molecule has 2 N–H and O–H groups in total. The van der Waals surface area contributed by atoms with Crippen molar-refractivity contribution in [2.75, 3.05) is 20.3 Å². The monoisotopic (exact) mass is 188 g/mol. The van der Waals surface area contributed by atoms with Gasteiger partial charge in [-0.05, 0) is 0 Å². The van der Waals surface area contributed by atoms with Crippen LogP contribution in [0.3, 0.4) is 0 Å². The SMILES string of the molecule is COCc1nc(OCCN)cs1. The molecule has 1 rings (SSSR count). The zero-order valence-electron chi connectivity index (χ0n) is 6.95. The van der Waals surface area contributed by atoms with Gasteiger partial charge in [0.1, 0.15) is 11.6 Å². The molecule has 1 heterocycles. The number of nitrogens with two attached hydrogens (primary N) is 1. The van der Waals surface area contributed by atoms with Gasteiger partial charge in [0.15, 0.2) is 0 Å². The van der Waals surface area contributed by atoms with Crippen LogP contribution in [0.5, 0.6) is 5.88 Å². The van der Waals surface area contributed by atoms with Gasteiger partial charge in [0, 0.05) is 13.7 Å². The van der Waals surface area contributed by atoms with Crippen molar-refractivity contribution in [1.29, 1.82) is 0 Å². The molecule has 0 bridgehead atoms. The summed E-state index contributed by atoms with van der Waals surface area (Å²) in [6.45, 7) is 1.56. The van der Waals surface area contributed by atoms with E-state index in [0.29, 0.717) is 25.6 Å². The molecule has 0 unspecified atom stereocenters. The Balaban J connectivity index is 2.41. The minimum Gasteiger partial charge on any atom is -0.476 e. The highest BCUT2D eigenvalue weighted by Crippen LogP contribution is 2.16. The molecule has 1 aromatic heterocycles. The van der Waals surface area contributed by atoms with E-state index in [1.165, 1.54) is 11.3 Å². The summed E-state index contributed by atoms with van der Waals surface area (Å²) in [6.07, 6.45) is 0. The molecule has 0 aliphatic heterocycles. The molecular weight excluding hydrogens is 176 g/mol. The molecule has 0 radical (unpaired) electrons. The van der Waals surface area contributed by atoms with Crippen LogP contribution in [0.2, 0.25) is 0 Å². The van der Waals surface area contributed by atoms with E-state index in [9.17, 15) is 0 Å². The quantitative estimate of drug-likeness (QED) is 0.736. The van der Waals surface area contributed by atoms with Gasteiger partial charge in [-0.1, -0.05) is 0 Å². The molecule has 0 aliphatic carbocycles. The predicted octanol–water partition coefficient (Wildman–Crippen LogP) is 0.627. The van der Waals surface area contributed by atoms with Gasteiger partial charge in [-0.3, -0.25) is 0 Å². The van der Waals surface area contributed by atoms with Crippen molar-refractivity contribution in [3.05, 3.63) is 10.4 Å². The molecule has 68 valence electrons. The summed E-state index contributed by atoms with van der Waals surface area (Å²) in [5, 5.41) is 2.77. The third kappa shape index (κ3) is 2.77. The standard InChI is InChI=1S/C7H12N2O2S/c1-10-4-7-9-6(5-12-7)11-3-2-8/h5H,2-4,8H2,1H3. The largest absolute Gasteiger partial charge is 0.476 e. The molecule has 0 spiro atoms. The van der Waals surface area contributed by atoms with Crippen molar-refractivity contribution in [3.63, 3.8) is 0 Å². The molecule has 12 heavy (non-hydrogen) atoms. The lowest BCUT2D eigenvalue weighted by molar-refractivity contribution is 0.183. The van der Waals surface area contributed by atoms with Crippen molar-refractivity contribution < 1.29 is 9.47 Å². The van der Waals surface area contributed by atoms with Crippen molar-refractivity contribution >= 4 is 11.3 Å². The maximum absolute atomic E-state index is 5.27. The lowest BCUT2D eigenvalue weighted by Crippen LogP contribution is -2.10. The Morgan fingerprint density at radius 1 is 1.67 bits per heavy atom. The first-order chi connectivity index (χ1) is 5.86. The van der Waals surface area contributed by atoms with E-state index in [-0.39, 0.29) is 0 Å². The van der Waals surface area contributed by atoms with Crippen LogP contribution in [0.25, 0.3) is 0 Å². The van der Waals surface area contributed by atoms with Gasteiger partial charge in [-0.25, -0.2) is 4.98 Å². The van der Waals surface area contributed by atoms with Crippen molar-refractivity contribution in [2.45, 2.75) is 6.61 Å². The number of methoxy groups -OCH3 is 1. The molecule has 0 atom stereocenters. The van der Waals surface area contributed by atoms with Crippen LogP contribution >= 0.6 is 11.3 Å². The first kappa shape index (κ1) is 9.44. The Kier molecular flexibility index (Phi) is 3.99. The second-order valence-corrected chi connectivity index (χ2v) is 3.09. The molecule has 5 heteroatoms. The molecule has 0 saturated carbocycles. The Morgan fingerprint density at radius 3 is 3.17 bits per heavy atom. The van der Waals surface area contributed by atoms with Crippen LogP contribution in [0.15, 0.2) is 5.38 Å². The number of ether oxygens (including phenoxy) is 2. The number of thiazole rings is 1. The van der Waals surface area contributed by atoms with Gasteiger partial charge in [-0.2, -0.15) is 0 Å². The normalized spacial score (nSPS) is 10.2. The molecule has 0 aromatic carbocycles. The van der Waals surface area contributed by atoms with Gasteiger partial charge in [0.05, 0.1) is 12.0 Å². The van der Waals surface area contributed by atoms with Gasteiger partial charge >= 0.3 is 0 Å². The van der Waals surface area contributed by atoms with Gasteiger partial charge in [0.2, 0.25) is 5.88 Å². The summed E-state index contributed by atoms with van der Waals surface area (Å²) in [7, 11) is 1.64. The first-order valence-electron chi connectivity index (χ1n) is 3.63. The molecule has 0 aliphatic rings. The Morgan fingerprint density at radius 2 is 2.50 bits per heavy atom. The molecule has 0 fully saturated rings. The average Bonchev–Trinajstić information content (AvgIpc) is 2.50. The third-order valence-corrected chi connectivity index (χ3v) is 1.97. The topological polar surface area (TPSA) is 57.4 Å². The number of rotatable bonds is 5. The van der Waals surface area contributed by atoms with E-state index < -0.39 is 0 Å². The van der Waals surface area contributed by atoms with Crippen LogP contribution in [0.4, 0.5) is 0 Å². The first-order valence-corrected chi connectivity index (χ1v) is 4.51. The number of nitrogens with zero attached hydrogens (tertiary/aromatic N) is 1. The van der Waals surface area contributed by atoms with Crippen LogP contribution in [0, 0.1) is 0 Å². The molecule has 4 nitrogen and oxygen atoms in total. The van der Waals surface area contributed by atoms with Crippen molar-refractivity contribution in [2.24, 2.45) is 5.73 Å². The fourth-order valence-electron chi connectivity index (χ4n) is 0.714. The van der Waals surface area contributed by atoms with E-state index in [1.807, 2.05) is 5.38 Å². The highest BCUT2D eigenvalue weighted by molar-refractivity contribution is 7.09. The summed E-state index contributed by atoms with van der Waals surface area (Å²) in [4.78, 5) is 4.15. The zero-order valence-corrected chi connectivity index (χ0v) is 7.76. The summed E-state index contributed by atoms with van der Waals surface area (Å²) in [5.74, 6) is 0.637.